The summed E-state index contributed by atoms with van der Waals surface area (Å²) in [6, 6.07) is 10.8. The van der Waals surface area contributed by atoms with Crippen molar-refractivity contribution in [1.29, 1.82) is 0 Å². The second-order valence-electron chi connectivity index (χ2n) is 3.13. The van der Waals surface area contributed by atoms with E-state index < -0.39 is 0 Å². The molecule has 0 bridgehead atoms. The molecule has 0 amide bonds. The smallest absolute Gasteiger partial charge is 0.0622 e. The first-order valence-corrected chi connectivity index (χ1v) is 6.78. The number of hydrogen-bond acceptors (Lipinski definition) is 0. The van der Waals surface area contributed by atoms with Crippen LogP contribution in [-0.2, 0) is 17.3 Å². The van der Waals surface area contributed by atoms with Gasteiger partial charge in [-0.1, -0.05) is 30.3 Å². The molecule has 0 saturated heterocycles. The van der Waals surface area contributed by atoms with Crippen LogP contribution < -0.4 is 0 Å². The number of benzene rings is 1. The SMILES string of the molecule is CC[S+](CC)CCc1ccccc1. The predicted octanol–water partition coefficient (Wildman–Crippen LogP) is 2.89. The summed E-state index contributed by atoms with van der Waals surface area (Å²) in [5.41, 5.74) is 1.49. The van der Waals surface area contributed by atoms with Crippen molar-refractivity contribution < 1.29 is 0 Å². The molecule has 1 rings (SSSR count). The molecular weight excluding hydrogens is 176 g/mol. The first kappa shape index (κ1) is 10.6. The van der Waals surface area contributed by atoms with Gasteiger partial charge in [-0.3, -0.25) is 0 Å². The van der Waals surface area contributed by atoms with E-state index in [9.17, 15) is 0 Å². The second kappa shape index (κ2) is 6.09. The van der Waals surface area contributed by atoms with E-state index in [1.54, 1.807) is 0 Å². The van der Waals surface area contributed by atoms with Crippen molar-refractivity contribution in [2.24, 2.45) is 0 Å². The Morgan fingerprint density at radius 2 is 1.62 bits per heavy atom. The van der Waals surface area contributed by atoms with Gasteiger partial charge in [0.05, 0.1) is 0 Å². The Balaban J connectivity index is 2.34. The van der Waals surface area contributed by atoms with Crippen LogP contribution >= 0.6 is 0 Å². The van der Waals surface area contributed by atoms with Gasteiger partial charge in [-0.05, 0) is 30.3 Å². The molecule has 1 heteroatoms. The highest BCUT2D eigenvalue weighted by Gasteiger charge is 2.11. The standard InChI is InChI=1S/C12H19S/c1-3-13(4-2)11-10-12-8-6-5-7-9-12/h5-9H,3-4,10-11H2,1-2H3/q+1. The van der Waals surface area contributed by atoms with Crippen LogP contribution in [-0.4, -0.2) is 17.3 Å². The Kier molecular flexibility index (Phi) is 4.99. The van der Waals surface area contributed by atoms with Crippen molar-refractivity contribution in [2.75, 3.05) is 17.3 Å². The molecule has 0 spiro atoms. The Morgan fingerprint density at radius 1 is 1.00 bits per heavy atom. The maximum Gasteiger partial charge on any atom is 0.112 e. The Bertz CT molecular complexity index is 214. The summed E-state index contributed by atoms with van der Waals surface area (Å²) < 4.78 is 0. The zero-order valence-corrected chi connectivity index (χ0v) is 9.44. The van der Waals surface area contributed by atoms with E-state index in [1.165, 1.54) is 29.2 Å². The van der Waals surface area contributed by atoms with Gasteiger partial charge >= 0.3 is 0 Å². The zero-order chi connectivity index (χ0) is 9.52. The van der Waals surface area contributed by atoms with E-state index in [4.69, 9.17) is 0 Å². The monoisotopic (exact) mass is 195 g/mol. The maximum absolute atomic E-state index is 2.30. The molecule has 0 aromatic heterocycles. The Hall–Kier alpha value is -0.430. The lowest BCUT2D eigenvalue weighted by Crippen LogP contribution is -2.14. The minimum absolute atomic E-state index is 0.661. The van der Waals surface area contributed by atoms with E-state index in [-0.39, 0.29) is 0 Å². The molecule has 0 aliphatic rings. The summed E-state index contributed by atoms with van der Waals surface area (Å²) in [5, 5.41) is 0. The van der Waals surface area contributed by atoms with E-state index >= 15 is 0 Å². The minimum atomic E-state index is 0.661. The van der Waals surface area contributed by atoms with Crippen LogP contribution in [0.25, 0.3) is 0 Å². The number of aryl methyl sites for hydroxylation is 1. The van der Waals surface area contributed by atoms with Crippen LogP contribution in [0.1, 0.15) is 19.4 Å². The van der Waals surface area contributed by atoms with Gasteiger partial charge in [0.2, 0.25) is 0 Å². The van der Waals surface area contributed by atoms with Gasteiger partial charge in [-0.25, -0.2) is 0 Å². The third-order valence-corrected chi connectivity index (χ3v) is 4.75. The molecular formula is C12H19S+. The van der Waals surface area contributed by atoms with Crippen molar-refractivity contribution in [2.45, 2.75) is 20.3 Å². The molecule has 72 valence electrons. The average Bonchev–Trinajstić information content (AvgIpc) is 2.21. The van der Waals surface area contributed by atoms with Crippen LogP contribution in [0.15, 0.2) is 30.3 Å². The Morgan fingerprint density at radius 3 is 2.15 bits per heavy atom. The van der Waals surface area contributed by atoms with Gasteiger partial charge in [0.1, 0.15) is 17.3 Å². The molecule has 0 saturated carbocycles. The van der Waals surface area contributed by atoms with Crippen molar-refractivity contribution in [3.05, 3.63) is 35.9 Å². The summed E-state index contributed by atoms with van der Waals surface area (Å²) in [6.07, 6.45) is 1.26. The van der Waals surface area contributed by atoms with Gasteiger partial charge in [-0.15, -0.1) is 0 Å². The van der Waals surface area contributed by atoms with Crippen LogP contribution in [0.3, 0.4) is 0 Å². The molecule has 0 fully saturated rings. The van der Waals surface area contributed by atoms with Gasteiger partial charge in [0, 0.05) is 6.42 Å². The summed E-state index contributed by atoms with van der Waals surface area (Å²) in [6.45, 7) is 4.61. The van der Waals surface area contributed by atoms with Crippen LogP contribution in [0, 0.1) is 0 Å². The quantitative estimate of drug-likeness (QED) is 0.634. The molecule has 0 N–H and O–H groups in total. The highest BCUT2D eigenvalue weighted by atomic mass is 32.2. The van der Waals surface area contributed by atoms with E-state index in [2.05, 4.69) is 44.2 Å². The molecule has 0 radical (unpaired) electrons. The molecule has 0 aliphatic carbocycles. The lowest BCUT2D eigenvalue weighted by Gasteiger charge is -2.03. The van der Waals surface area contributed by atoms with Crippen molar-refractivity contribution in [3.8, 4) is 0 Å². The van der Waals surface area contributed by atoms with Gasteiger partial charge in [-0.2, -0.15) is 0 Å². The lowest BCUT2D eigenvalue weighted by atomic mass is 10.2. The lowest BCUT2D eigenvalue weighted by molar-refractivity contribution is 1.14. The third kappa shape index (κ3) is 3.86. The van der Waals surface area contributed by atoms with Crippen LogP contribution in [0.5, 0.6) is 0 Å². The largest absolute Gasteiger partial charge is 0.112 e. The highest BCUT2D eigenvalue weighted by molar-refractivity contribution is 7.96. The summed E-state index contributed by atoms with van der Waals surface area (Å²) >= 11 is 0. The highest BCUT2D eigenvalue weighted by Crippen LogP contribution is 2.04. The van der Waals surface area contributed by atoms with E-state index in [0.29, 0.717) is 10.9 Å². The van der Waals surface area contributed by atoms with E-state index in [1.807, 2.05) is 0 Å². The first-order valence-electron chi connectivity index (χ1n) is 5.04. The molecule has 1 aromatic carbocycles. The number of rotatable bonds is 5. The summed E-state index contributed by atoms with van der Waals surface area (Å²) in [4.78, 5) is 0. The maximum atomic E-state index is 2.30. The topological polar surface area (TPSA) is 0 Å². The molecule has 0 unspecified atom stereocenters. The zero-order valence-electron chi connectivity index (χ0n) is 8.62. The van der Waals surface area contributed by atoms with Crippen molar-refractivity contribution >= 4 is 10.9 Å². The Labute approximate surface area is 84.7 Å². The molecule has 0 aliphatic heterocycles. The summed E-state index contributed by atoms with van der Waals surface area (Å²) in [7, 11) is 0.661. The average molecular weight is 195 g/mol. The fraction of sp³-hybridized carbons (Fsp3) is 0.500. The van der Waals surface area contributed by atoms with E-state index in [0.717, 1.165) is 0 Å². The fourth-order valence-corrected chi connectivity index (χ4v) is 2.91. The predicted molar refractivity (Wildman–Crippen MR) is 63.5 cm³/mol. The fourth-order valence-electron chi connectivity index (χ4n) is 1.40. The van der Waals surface area contributed by atoms with Gasteiger partial charge in [0.15, 0.2) is 0 Å². The summed E-state index contributed by atoms with van der Waals surface area (Å²) in [5.74, 6) is 4.07. The van der Waals surface area contributed by atoms with Crippen LogP contribution in [0.2, 0.25) is 0 Å². The molecule has 0 heterocycles. The molecule has 13 heavy (non-hydrogen) atoms. The third-order valence-electron chi connectivity index (χ3n) is 2.34. The normalized spacial score (nSPS) is 10.7. The molecule has 0 atom stereocenters. The molecule has 1 aromatic rings. The van der Waals surface area contributed by atoms with Crippen molar-refractivity contribution in [1.82, 2.24) is 0 Å². The minimum Gasteiger partial charge on any atom is -0.0622 e. The molecule has 0 nitrogen and oxygen atoms in total. The second-order valence-corrected chi connectivity index (χ2v) is 5.92. The number of hydrogen-bond donors (Lipinski definition) is 0. The van der Waals surface area contributed by atoms with Crippen molar-refractivity contribution in [3.63, 3.8) is 0 Å². The van der Waals surface area contributed by atoms with Crippen LogP contribution in [0.4, 0.5) is 0 Å². The first-order chi connectivity index (χ1) is 6.36. The van der Waals surface area contributed by atoms with Gasteiger partial charge in [0.25, 0.3) is 0 Å². The van der Waals surface area contributed by atoms with Gasteiger partial charge < -0.3 is 0 Å².